The number of halogens is 1. The number of anilines is 1. The van der Waals surface area contributed by atoms with Crippen LogP contribution in [0, 0.1) is 6.92 Å². The summed E-state index contributed by atoms with van der Waals surface area (Å²) in [4.78, 5) is 12.3. The number of hydrogen-bond donors (Lipinski definition) is 2. The summed E-state index contributed by atoms with van der Waals surface area (Å²) in [5, 5.41) is 6.79. The van der Waals surface area contributed by atoms with Crippen LogP contribution in [0.1, 0.15) is 37.0 Å². The van der Waals surface area contributed by atoms with Crippen molar-refractivity contribution in [1.29, 1.82) is 0 Å². The molecule has 0 aliphatic carbocycles. The highest BCUT2D eigenvalue weighted by Gasteiger charge is 2.15. The Kier molecular flexibility index (Phi) is 9.80. The summed E-state index contributed by atoms with van der Waals surface area (Å²) in [5.41, 5.74) is 4.18. The number of carbonyl (C=O) groups excluding carboxylic acids is 1. The van der Waals surface area contributed by atoms with Crippen molar-refractivity contribution in [3.05, 3.63) is 88.4 Å². The Bertz CT molecular complexity index is 1060. The number of ether oxygens (including phenoxy) is 2. The second-order valence-corrected chi connectivity index (χ2v) is 8.75. The van der Waals surface area contributed by atoms with Crippen LogP contribution in [0.15, 0.2) is 66.7 Å². The van der Waals surface area contributed by atoms with Crippen molar-refractivity contribution in [2.24, 2.45) is 0 Å². The lowest BCUT2D eigenvalue weighted by Gasteiger charge is -2.17. The van der Waals surface area contributed by atoms with Gasteiger partial charge in [-0.2, -0.15) is 0 Å². The van der Waals surface area contributed by atoms with Crippen LogP contribution in [0.2, 0.25) is 5.02 Å². The number of benzene rings is 3. The van der Waals surface area contributed by atoms with E-state index in [9.17, 15) is 4.79 Å². The molecule has 0 unspecified atom stereocenters. The Morgan fingerprint density at radius 2 is 1.74 bits per heavy atom. The normalized spacial score (nSPS) is 11.6. The Hall–Kier alpha value is -3.02. The zero-order valence-electron chi connectivity index (χ0n) is 20.1. The Morgan fingerprint density at radius 1 is 1.00 bits per heavy atom. The maximum absolute atomic E-state index is 12.3. The van der Waals surface area contributed by atoms with Crippen molar-refractivity contribution in [2.45, 2.75) is 46.2 Å². The van der Waals surface area contributed by atoms with Gasteiger partial charge in [-0.15, -0.1) is 0 Å². The van der Waals surface area contributed by atoms with E-state index in [-0.39, 0.29) is 12.5 Å². The molecule has 2 N–H and O–H groups in total. The van der Waals surface area contributed by atoms with E-state index in [4.69, 9.17) is 21.1 Å². The lowest BCUT2D eigenvalue weighted by molar-refractivity contribution is -0.118. The van der Waals surface area contributed by atoms with Gasteiger partial charge < -0.3 is 20.1 Å². The molecule has 5 nitrogen and oxygen atoms in total. The van der Waals surface area contributed by atoms with Crippen molar-refractivity contribution in [1.82, 2.24) is 5.32 Å². The van der Waals surface area contributed by atoms with Gasteiger partial charge in [0.05, 0.1) is 11.6 Å². The number of rotatable bonds is 12. The van der Waals surface area contributed by atoms with E-state index in [0.29, 0.717) is 35.7 Å². The van der Waals surface area contributed by atoms with Crippen molar-refractivity contribution < 1.29 is 14.3 Å². The molecule has 0 saturated heterocycles. The Balaban J connectivity index is 1.56. The lowest BCUT2D eigenvalue weighted by atomic mass is 10.1. The van der Waals surface area contributed by atoms with Crippen molar-refractivity contribution in [3.8, 4) is 11.5 Å². The van der Waals surface area contributed by atoms with Crippen molar-refractivity contribution in [2.75, 3.05) is 18.5 Å². The number of hydrogen-bond acceptors (Lipinski definition) is 4. The molecule has 0 bridgehead atoms. The number of nitrogens with one attached hydrogen (secondary N) is 2. The molecule has 0 spiro atoms. The highest BCUT2D eigenvalue weighted by Crippen LogP contribution is 2.36. The van der Waals surface area contributed by atoms with Crippen LogP contribution in [-0.4, -0.2) is 25.2 Å². The minimum absolute atomic E-state index is 0.165. The summed E-state index contributed by atoms with van der Waals surface area (Å²) in [7, 11) is 0. The van der Waals surface area contributed by atoms with Gasteiger partial charge >= 0.3 is 0 Å². The molecular formula is C28H33ClN2O3. The van der Waals surface area contributed by atoms with E-state index >= 15 is 0 Å². The smallest absolute Gasteiger partial charge is 0.262 e. The second kappa shape index (κ2) is 13.0. The molecule has 180 valence electrons. The second-order valence-electron chi connectivity index (χ2n) is 8.35. The maximum Gasteiger partial charge on any atom is 0.262 e. The van der Waals surface area contributed by atoms with Crippen LogP contribution >= 0.6 is 11.6 Å². The minimum Gasteiger partial charge on any atom is -0.490 e. The first-order valence-electron chi connectivity index (χ1n) is 11.7. The molecule has 3 aromatic carbocycles. The number of aryl methyl sites for hydroxylation is 2. The maximum atomic E-state index is 12.3. The standard InChI is InChI=1S/C28H33ClN2O3/c1-4-33-26-17-23(18-30-21(3)12-13-22-8-6-5-7-9-22)16-25(29)28(26)34-19-27(32)31-24-14-10-20(2)11-15-24/h5-11,14-17,21,30H,4,12-13,18-19H2,1-3H3,(H,31,32)/t21-/m0/s1. The molecule has 1 atom stereocenters. The van der Waals surface area contributed by atoms with Gasteiger partial charge in [-0.25, -0.2) is 0 Å². The molecule has 0 aliphatic rings. The molecule has 0 aliphatic heterocycles. The minimum atomic E-state index is -0.264. The average Bonchev–Trinajstić information content (AvgIpc) is 2.83. The summed E-state index contributed by atoms with van der Waals surface area (Å²) < 4.78 is 11.5. The number of amides is 1. The van der Waals surface area contributed by atoms with Gasteiger partial charge in [0, 0.05) is 18.3 Å². The van der Waals surface area contributed by atoms with Crippen molar-refractivity contribution >= 4 is 23.2 Å². The molecule has 3 rings (SSSR count). The van der Waals surface area contributed by atoms with E-state index < -0.39 is 0 Å². The monoisotopic (exact) mass is 480 g/mol. The molecule has 34 heavy (non-hydrogen) atoms. The molecule has 0 heterocycles. The fourth-order valence-electron chi connectivity index (χ4n) is 3.52. The molecular weight excluding hydrogens is 448 g/mol. The van der Waals surface area contributed by atoms with Crippen LogP contribution in [0.4, 0.5) is 5.69 Å². The Morgan fingerprint density at radius 3 is 2.44 bits per heavy atom. The van der Waals surface area contributed by atoms with E-state index in [2.05, 4.69) is 41.8 Å². The first kappa shape index (κ1) is 25.6. The summed E-state index contributed by atoms with van der Waals surface area (Å²) in [6.45, 7) is 7.03. The predicted octanol–water partition coefficient (Wildman–Crippen LogP) is 6.18. The third-order valence-electron chi connectivity index (χ3n) is 5.42. The fraction of sp³-hybridized carbons (Fsp3) is 0.321. The first-order chi connectivity index (χ1) is 16.4. The van der Waals surface area contributed by atoms with E-state index in [1.165, 1.54) is 5.56 Å². The van der Waals surface area contributed by atoms with Gasteiger partial charge in [0.25, 0.3) is 5.91 Å². The molecule has 3 aromatic rings. The quantitative estimate of drug-likeness (QED) is 0.325. The van der Waals surface area contributed by atoms with E-state index in [1.807, 2.05) is 56.3 Å². The zero-order valence-corrected chi connectivity index (χ0v) is 20.8. The lowest BCUT2D eigenvalue weighted by Crippen LogP contribution is -2.26. The van der Waals surface area contributed by atoms with E-state index in [0.717, 1.165) is 29.7 Å². The molecule has 1 amide bonds. The largest absolute Gasteiger partial charge is 0.490 e. The summed E-state index contributed by atoms with van der Waals surface area (Å²) in [6, 6.07) is 22.2. The van der Waals surface area contributed by atoms with Gasteiger partial charge in [-0.05, 0) is 69.0 Å². The SMILES string of the molecule is CCOc1cc(CN[C@@H](C)CCc2ccccc2)cc(Cl)c1OCC(=O)Nc1ccc(C)cc1. The highest BCUT2D eigenvalue weighted by atomic mass is 35.5. The van der Waals surface area contributed by atoms with Gasteiger partial charge in [-0.1, -0.05) is 59.6 Å². The molecule has 6 heteroatoms. The van der Waals surface area contributed by atoms with Crippen LogP contribution < -0.4 is 20.1 Å². The summed E-state index contributed by atoms with van der Waals surface area (Å²) in [6.07, 6.45) is 2.06. The van der Waals surface area contributed by atoms with Gasteiger partial charge in [0.15, 0.2) is 18.1 Å². The molecule has 0 fully saturated rings. The summed E-state index contributed by atoms with van der Waals surface area (Å²) >= 11 is 6.52. The first-order valence-corrected chi connectivity index (χ1v) is 12.0. The predicted molar refractivity (Wildman–Crippen MR) is 139 cm³/mol. The highest BCUT2D eigenvalue weighted by molar-refractivity contribution is 6.32. The number of carbonyl (C=O) groups is 1. The molecule has 0 aromatic heterocycles. The van der Waals surface area contributed by atoms with Gasteiger partial charge in [0.1, 0.15) is 0 Å². The van der Waals surface area contributed by atoms with Crippen LogP contribution in [0.5, 0.6) is 11.5 Å². The fourth-order valence-corrected chi connectivity index (χ4v) is 3.81. The zero-order chi connectivity index (χ0) is 24.3. The molecule has 0 saturated carbocycles. The van der Waals surface area contributed by atoms with Crippen LogP contribution in [-0.2, 0) is 17.8 Å². The van der Waals surface area contributed by atoms with Crippen LogP contribution in [0.25, 0.3) is 0 Å². The topological polar surface area (TPSA) is 59.6 Å². The van der Waals surface area contributed by atoms with Crippen LogP contribution in [0.3, 0.4) is 0 Å². The third kappa shape index (κ3) is 8.08. The average molecular weight is 481 g/mol. The van der Waals surface area contributed by atoms with Gasteiger partial charge in [0.2, 0.25) is 0 Å². The third-order valence-corrected chi connectivity index (χ3v) is 5.70. The van der Waals surface area contributed by atoms with Gasteiger partial charge in [-0.3, -0.25) is 4.79 Å². The van der Waals surface area contributed by atoms with E-state index in [1.54, 1.807) is 0 Å². The Labute approximate surface area is 207 Å². The van der Waals surface area contributed by atoms with Crippen molar-refractivity contribution in [3.63, 3.8) is 0 Å². The molecule has 0 radical (unpaired) electrons. The summed E-state index contributed by atoms with van der Waals surface area (Å²) in [5.74, 6) is 0.649.